The van der Waals surface area contributed by atoms with Crippen molar-refractivity contribution in [3.05, 3.63) is 84.3 Å². The summed E-state index contributed by atoms with van der Waals surface area (Å²) in [6.07, 6.45) is 5.82. The van der Waals surface area contributed by atoms with Crippen LogP contribution in [0.2, 0.25) is 0 Å². The zero-order valence-electron chi connectivity index (χ0n) is 17.7. The Morgan fingerprint density at radius 1 is 1.06 bits per heavy atom. The first kappa shape index (κ1) is 20.2. The molecule has 0 N–H and O–H groups in total. The minimum absolute atomic E-state index is 0.0570. The van der Waals surface area contributed by atoms with Crippen LogP contribution in [0.1, 0.15) is 36.0 Å². The highest BCUT2D eigenvalue weighted by molar-refractivity contribution is 5.84. The van der Waals surface area contributed by atoms with Crippen LogP contribution < -0.4 is 4.74 Å². The van der Waals surface area contributed by atoms with Crippen molar-refractivity contribution in [2.75, 3.05) is 19.7 Å². The molecule has 1 aliphatic rings. The van der Waals surface area contributed by atoms with Gasteiger partial charge in [-0.2, -0.15) is 0 Å². The maximum absolute atomic E-state index is 12.8. The quantitative estimate of drug-likeness (QED) is 0.462. The van der Waals surface area contributed by atoms with Gasteiger partial charge in [0, 0.05) is 19.5 Å². The molecular weight excluding hydrogens is 404 g/mol. The average molecular weight is 428 g/mol. The summed E-state index contributed by atoms with van der Waals surface area (Å²) in [7, 11) is 0. The number of carbonyl (C=O) groups is 1. The topological polar surface area (TPSA) is 81.4 Å². The standard InChI is InChI=1S/C25H24N4O3/c30-23(16-31-25-21-10-4-5-11-22(21)27-17-28-25)29-12-6-9-19(15-29)24-26-14-20(32-24)13-18-7-2-1-3-8-18/h1-5,7-8,10-11,14,17,19H,6,9,12-13,15-16H2. The average Bonchev–Trinajstić information content (AvgIpc) is 3.32. The molecule has 0 radical (unpaired) electrons. The lowest BCUT2D eigenvalue weighted by atomic mass is 9.98. The van der Waals surface area contributed by atoms with Crippen LogP contribution in [0.5, 0.6) is 5.88 Å². The molecule has 1 saturated heterocycles. The lowest BCUT2D eigenvalue weighted by Crippen LogP contribution is -2.41. The summed E-state index contributed by atoms with van der Waals surface area (Å²) < 4.78 is 11.8. The van der Waals surface area contributed by atoms with Gasteiger partial charge in [0.1, 0.15) is 12.1 Å². The monoisotopic (exact) mass is 428 g/mol. The van der Waals surface area contributed by atoms with Crippen molar-refractivity contribution in [2.24, 2.45) is 0 Å². The molecule has 1 fully saturated rings. The molecule has 7 nitrogen and oxygen atoms in total. The number of para-hydroxylation sites is 1. The third-order valence-electron chi connectivity index (χ3n) is 5.75. The van der Waals surface area contributed by atoms with Crippen LogP contribution in [-0.2, 0) is 11.2 Å². The molecule has 7 heteroatoms. The van der Waals surface area contributed by atoms with Crippen LogP contribution in [0.15, 0.2) is 71.5 Å². The molecule has 1 unspecified atom stereocenters. The number of rotatable bonds is 6. The van der Waals surface area contributed by atoms with E-state index in [-0.39, 0.29) is 18.4 Å². The van der Waals surface area contributed by atoms with E-state index < -0.39 is 0 Å². The molecule has 1 atom stereocenters. The lowest BCUT2D eigenvalue weighted by molar-refractivity contribution is -0.134. The normalized spacial score (nSPS) is 16.2. The Balaban J connectivity index is 1.21. The fraction of sp³-hybridized carbons (Fsp3) is 0.280. The molecule has 162 valence electrons. The number of fused-ring (bicyclic) bond motifs is 1. The molecule has 2 aromatic carbocycles. The molecule has 4 aromatic rings. The first-order chi connectivity index (χ1) is 15.8. The Labute approximate surface area is 186 Å². The van der Waals surface area contributed by atoms with Gasteiger partial charge in [-0.1, -0.05) is 42.5 Å². The van der Waals surface area contributed by atoms with Crippen LogP contribution in [0.4, 0.5) is 0 Å². The SMILES string of the molecule is O=C(COc1ncnc2ccccc12)N1CCCC(c2ncc(Cc3ccccc3)o2)C1. The second kappa shape index (κ2) is 9.18. The summed E-state index contributed by atoms with van der Waals surface area (Å²) in [5.41, 5.74) is 1.98. The Morgan fingerprint density at radius 3 is 2.81 bits per heavy atom. The Bertz CT molecular complexity index is 1200. The van der Waals surface area contributed by atoms with Crippen molar-refractivity contribution in [1.29, 1.82) is 0 Å². The third kappa shape index (κ3) is 4.46. The van der Waals surface area contributed by atoms with E-state index in [0.29, 0.717) is 31.3 Å². The molecule has 32 heavy (non-hydrogen) atoms. The van der Waals surface area contributed by atoms with E-state index in [1.165, 1.54) is 11.9 Å². The van der Waals surface area contributed by atoms with Crippen molar-refractivity contribution in [1.82, 2.24) is 19.9 Å². The number of nitrogens with zero attached hydrogens (tertiary/aromatic N) is 4. The Morgan fingerprint density at radius 2 is 1.91 bits per heavy atom. The summed E-state index contributed by atoms with van der Waals surface area (Å²) in [5.74, 6) is 2.01. The molecule has 0 aliphatic carbocycles. The summed E-state index contributed by atoms with van der Waals surface area (Å²) in [5, 5.41) is 0.796. The number of amides is 1. The van der Waals surface area contributed by atoms with E-state index >= 15 is 0 Å². The van der Waals surface area contributed by atoms with E-state index in [1.807, 2.05) is 47.4 Å². The van der Waals surface area contributed by atoms with Gasteiger partial charge in [-0.05, 0) is 30.5 Å². The zero-order chi connectivity index (χ0) is 21.8. The fourth-order valence-corrected chi connectivity index (χ4v) is 4.11. The molecule has 0 saturated carbocycles. The molecule has 1 aliphatic heterocycles. The smallest absolute Gasteiger partial charge is 0.260 e. The van der Waals surface area contributed by atoms with E-state index in [2.05, 4.69) is 27.1 Å². The van der Waals surface area contributed by atoms with Gasteiger partial charge < -0.3 is 14.1 Å². The van der Waals surface area contributed by atoms with Crippen LogP contribution in [0.3, 0.4) is 0 Å². The van der Waals surface area contributed by atoms with Gasteiger partial charge in [0.25, 0.3) is 5.91 Å². The van der Waals surface area contributed by atoms with Crippen LogP contribution in [0.25, 0.3) is 10.9 Å². The maximum atomic E-state index is 12.8. The number of carbonyl (C=O) groups excluding carboxylic acids is 1. The van der Waals surface area contributed by atoms with Crippen molar-refractivity contribution in [2.45, 2.75) is 25.2 Å². The summed E-state index contributed by atoms with van der Waals surface area (Å²) in [4.78, 5) is 27.6. The number of aromatic nitrogens is 3. The highest BCUT2D eigenvalue weighted by Gasteiger charge is 2.28. The third-order valence-corrected chi connectivity index (χ3v) is 5.75. The predicted octanol–water partition coefficient (Wildman–Crippen LogP) is 3.99. The summed E-state index contributed by atoms with van der Waals surface area (Å²) >= 11 is 0. The van der Waals surface area contributed by atoms with Gasteiger partial charge >= 0.3 is 0 Å². The van der Waals surface area contributed by atoms with Gasteiger partial charge in [0.15, 0.2) is 12.5 Å². The molecule has 0 bridgehead atoms. The number of hydrogen-bond acceptors (Lipinski definition) is 6. The predicted molar refractivity (Wildman–Crippen MR) is 119 cm³/mol. The number of oxazole rings is 1. The molecule has 3 heterocycles. The van der Waals surface area contributed by atoms with Crippen molar-refractivity contribution >= 4 is 16.8 Å². The maximum Gasteiger partial charge on any atom is 0.260 e. The van der Waals surface area contributed by atoms with Crippen LogP contribution in [0, 0.1) is 0 Å². The molecule has 5 rings (SSSR count). The number of likely N-dealkylation sites (tertiary alicyclic amines) is 1. The van der Waals surface area contributed by atoms with Gasteiger partial charge in [0.05, 0.1) is 23.0 Å². The van der Waals surface area contributed by atoms with Crippen LogP contribution in [-0.4, -0.2) is 45.5 Å². The minimum atomic E-state index is -0.0616. The number of benzene rings is 2. The van der Waals surface area contributed by atoms with E-state index in [4.69, 9.17) is 9.15 Å². The Kier molecular flexibility index (Phi) is 5.79. The lowest BCUT2D eigenvalue weighted by Gasteiger charge is -2.31. The first-order valence-electron chi connectivity index (χ1n) is 10.8. The molecule has 0 spiro atoms. The number of hydrogen-bond donors (Lipinski definition) is 0. The second-order valence-electron chi connectivity index (χ2n) is 7.99. The largest absolute Gasteiger partial charge is 0.467 e. The van der Waals surface area contributed by atoms with Gasteiger partial charge in [-0.15, -0.1) is 0 Å². The zero-order valence-corrected chi connectivity index (χ0v) is 17.7. The Hall–Kier alpha value is -3.74. The van der Waals surface area contributed by atoms with Gasteiger partial charge in [-0.25, -0.2) is 15.0 Å². The van der Waals surface area contributed by atoms with Crippen LogP contribution >= 0.6 is 0 Å². The van der Waals surface area contributed by atoms with E-state index in [1.54, 1.807) is 6.20 Å². The summed E-state index contributed by atoms with van der Waals surface area (Å²) in [6.45, 7) is 1.23. The van der Waals surface area contributed by atoms with Crippen molar-refractivity contribution in [3.63, 3.8) is 0 Å². The van der Waals surface area contributed by atoms with Crippen molar-refractivity contribution in [3.8, 4) is 5.88 Å². The molecule has 1 amide bonds. The summed E-state index contributed by atoms with van der Waals surface area (Å²) in [6, 6.07) is 17.8. The van der Waals surface area contributed by atoms with E-state index in [0.717, 1.165) is 29.5 Å². The van der Waals surface area contributed by atoms with Gasteiger partial charge in [-0.3, -0.25) is 4.79 Å². The van der Waals surface area contributed by atoms with Gasteiger partial charge in [0.2, 0.25) is 5.88 Å². The van der Waals surface area contributed by atoms with Crippen molar-refractivity contribution < 1.29 is 13.9 Å². The van der Waals surface area contributed by atoms with E-state index in [9.17, 15) is 4.79 Å². The highest BCUT2D eigenvalue weighted by Crippen LogP contribution is 2.27. The highest BCUT2D eigenvalue weighted by atomic mass is 16.5. The number of ether oxygens (including phenoxy) is 1. The minimum Gasteiger partial charge on any atom is -0.467 e. The molecular formula is C25H24N4O3. The fourth-order valence-electron chi connectivity index (χ4n) is 4.11. The molecule has 2 aromatic heterocycles. The number of piperidine rings is 1. The second-order valence-corrected chi connectivity index (χ2v) is 7.99. The first-order valence-corrected chi connectivity index (χ1v) is 10.8.